The number of carbonyl (C=O) groups is 1. The Morgan fingerprint density at radius 1 is 1.17 bits per heavy atom. The number of thioether (sulfide) groups is 1. The molecule has 0 aliphatic rings. The van der Waals surface area contributed by atoms with Crippen LogP contribution in [0.5, 0.6) is 0 Å². The summed E-state index contributed by atoms with van der Waals surface area (Å²) in [5.41, 5.74) is 1.58. The van der Waals surface area contributed by atoms with Crippen LogP contribution in [0.25, 0.3) is 10.6 Å². The van der Waals surface area contributed by atoms with Gasteiger partial charge in [0.1, 0.15) is 0 Å². The molecule has 1 N–H and O–H groups in total. The highest BCUT2D eigenvalue weighted by molar-refractivity contribution is 8.00. The molecule has 0 fully saturated rings. The molecule has 0 radical (unpaired) electrons. The number of halogens is 1. The Morgan fingerprint density at radius 3 is 2.90 bits per heavy atom. The van der Waals surface area contributed by atoms with Crippen molar-refractivity contribution in [1.29, 1.82) is 0 Å². The maximum atomic E-state index is 12.1. The number of rotatable bonds is 8. The molecular weight excluding hydrogens is 448 g/mol. The van der Waals surface area contributed by atoms with Crippen molar-refractivity contribution in [2.24, 2.45) is 0 Å². The van der Waals surface area contributed by atoms with E-state index < -0.39 is 0 Å². The van der Waals surface area contributed by atoms with E-state index in [9.17, 15) is 4.79 Å². The molecule has 3 heterocycles. The van der Waals surface area contributed by atoms with E-state index in [1.54, 1.807) is 46.6 Å². The first-order valence-corrected chi connectivity index (χ1v) is 11.8. The van der Waals surface area contributed by atoms with Crippen molar-refractivity contribution in [3.8, 4) is 10.6 Å². The highest BCUT2D eigenvalue weighted by Crippen LogP contribution is 2.31. The van der Waals surface area contributed by atoms with E-state index >= 15 is 0 Å². The van der Waals surface area contributed by atoms with Crippen LogP contribution in [0.3, 0.4) is 0 Å². The molecule has 6 nitrogen and oxygen atoms in total. The van der Waals surface area contributed by atoms with Crippen LogP contribution in [0.1, 0.15) is 18.1 Å². The van der Waals surface area contributed by atoms with E-state index in [1.165, 1.54) is 0 Å². The Balaban J connectivity index is 1.25. The second-order valence-electron chi connectivity index (χ2n) is 5.90. The molecule has 0 atom stereocenters. The Kier molecular flexibility index (Phi) is 6.60. The van der Waals surface area contributed by atoms with Crippen LogP contribution in [-0.4, -0.2) is 21.0 Å². The summed E-state index contributed by atoms with van der Waals surface area (Å²) in [7, 11) is 0. The Hall–Kier alpha value is -2.20. The zero-order chi connectivity index (χ0) is 20.1. The Labute approximate surface area is 184 Å². The first-order chi connectivity index (χ1) is 14.2. The van der Waals surface area contributed by atoms with E-state index in [4.69, 9.17) is 16.1 Å². The quantitative estimate of drug-likeness (QED) is 0.335. The van der Waals surface area contributed by atoms with Gasteiger partial charge in [-0.1, -0.05) is 46.7 Å². The lowest BCUT2D eigenvalue weighted by Crippen LogP contribution is -2.12. The molecule has 0 unspecified atom stereocenters. The standard InChI is InChI=1S/C19H15ClN4O2S3/c20-12-4-1-2-5-13(12)21-17(25)7-8-18-23-16(24-26-18)11-29-19-22-14(10-28-19)15-6-3-9-27-15/h1-6,9-10H,7-8,11H2,(H,21,25). The van der Waals surface area contributed by atoms with E-state index in [0.717, 1.165) is 14.9 Å². The van der Waals surface area contributed by atoms with Gasteiger partial charge >= 0.3 is 0 Å². The summed E-state index contributed by atoms with van der Waals surface area (Å²) in [6.07, 6.45) is 0.602. The van der Waals surface area contributed by atoms with Crippen LogP contribution in [-0.2, 0) is 17.0 Å². The third-order valence-corrected chi connectivity index (χ3v) is 7.04. The molecule has 1 amide bonds. The highest BCUT2D eigenvalue weighted by atomic mass is 35.5. The van der Waals surface area contributed by atoms with Crippen LogP contribution in [0.15, 0.2) is 56.0 Å². The lowest BCUT2D eigenvalue weighted by atomic mass is 10.2. The number of aryl methyl sites for hydroxylation is 1. The zero-order valence-corrected chi connectivity index (χ0v) is 18.2. The molecule has 10 heteroatoms. The minimum absolute atomic E-state index is 0.156. The summed E-state index contributed by atoms with van der Waals surface area (Å²) in [6.45, 7) is 0. The minimum atomic E-state index is -0.156. The van der Waals surface area contributed by atoms with Gasteiger partial charge in [-0.3, -0.25) is 4.79 Å². The number of anilines is 1. The van der Waals surface area contributed by atoms with Crippen molar-refractivity contribution in [3.63, 3.8) is 0 Å². The summed E-state index contributed by atoms with van der Waals surface area (Å²) in [4.78, 5) is 22.2. The van der Waals surface area contributed by atoms with Gasteiger partial charge in [-0.25, -0.2) is 4.98 Å². The number of nitrogens with one attached hydrogen (secondary N) is 1. The second-order valence-corrected chi connectivity index (χ2v) is 9.33. The number of aromatic nitrogens is 3. The van der Waals surface area contributed by atoms with E-state index in [2.05, 4.69) is 26.5 Å². The van der Waals surface area contributed by atoms with Crippen molar-refractivity contribution < 1.29 is 9.32 Å². The predicted molar refractivity (Wildman–Crippen MR) is 118 cm³/mol. The van der Waals surface area contributed by atoms with Gasteiger partial charge < -0.3 is 9.84 Å². The van der Waals surface area contributed by atoms with Crippen LogP contribution in [0.2, 0.25) is 5.02 Å². The molecule has 0 aliphatic carbocycles. The number of carbonyl (C=O) groups excluding carboxylic acids is 1. The van der Waals surface area contributed by atoms with E-state index in [-0.39, 0.29) is 12.3 Å². The van der Waals surface area contributed by atoms with E-state index in [1.807, 2.05) is 29.0 Å². The predicted octanol–water partition coefficient (Wildman–Crippen LogP) is 5.77. The van der Waals surface area contributed by atoms with Crippen molar-refractivity contribution in [1.82, 2.24) is 15.1 Å². The summed E-state index contributed by atoms with van der Waals surface area (Å²) >= 11 is 10.9. The number of amides is 1. The highest BCUT2D eigenvalue weighted by Gasteiger charge is 2.12. The summed E-state index contributed by atoms with van der Waals surface area (Å²) in [5.74, 6) is 1.43. The summed E-state index contributed by atoms with van der Waals surface area (Å²) < 4.78 is 6.20. The third kappa shape index (κ3) is 5.45. The van der Waals surface area contributed by atoms with Crippen LogP contribution >= 0.6 is 46.0 Å². The maximum absolute atomic E-state index is 12.1. The molecule has 0 saturated carbocycles. The zero-order valence-electron chi connectivity index (χ0n) is 15.0. The number of benzene rings is 1. The first-order valence-electron chi connectivity index (χ1n) is 8.65. The Morgan fingerprint density at radius 2 is 2.07 bits per heavy atom. The molecule has 4 rings (SSSR count). The van der Waals surface area contributed by atoms with Crippen LogP contribution in [0, 0.1) is 0 Å². The summed E-state index contributed by atoms with van der Waals surface area (Å²) in [6, 6.07) is 11.2. The first kappa shape index (κ1) is 20.1. The van der Waals surface area contributed by atoms with Crippen molar-refractivity contribution >= 4 is 57.6 Å². The van der Waals surface area contributed by atoms with Gasteiger partial charge in [0.25, 0.3) is 0 Å². The average molecular weight is 463 g/mol. The average Bonchev–Trinajstić information content (AvgIpc) is 3.47. The van der Waals surface area contributed by atoms with Gasteiger partial charge in [0.2, 0.25) is 11.8 Å². The largest absolute Gasteiger partial charge is 0.339 e. The molecule has 0 bridgehead atoms. The van der Waals surface area contributed by atoms with Gasteiger partial charge in [-0.05, 0) is 23.6 Å². The second kappa shape index (κ2) is 9.53. The van der Waals surface area contributed by atoms with Crippen molar-refractivity contribution in [3.05, 3.63) is 63.9 Å². The monoisotopic (exact) mass is 462 g/mol. The molecule has 148 valence electrons. The van der Waals surface area contributed by atoms with Crippen LogP contribution < -0.4 is 5.32 Å². The number of thiazole rings is 1. The van der Waals surface area contributed by atoms with Gasteiger partial charge in [0.05, 0.1) is 27.0 Å². The molecule has 1 aromatic carbocycles. The Bertz CT molecular complexity index is 1090. The van der Waals surface area contributed by atoms with Gasteiger partial charge in [0.15, 0.2) is 10.2 Å². The number of thiophene rings is 1. The van der Waals surface area contributed by atoms with Gasteiger partial charge in [-0.15, -0.1) is 22.7 Å². The minimum Gasteiger partial charge on any atom is -0.339 e. The molecule has 0 spiro atoms. The number of nitrogens with zero attached hydrogens (tertiary/aromatic N) is 3. The fourth-order valence-electron chi connectivity index (χ4n) is 2.43. The van der Waals surface area contributed by atoms with Gasteiger partial charge in [-0.2, -0.15) is 4.98 Å². The topological polar surface area (TPSA) is 80.9 Å². The summed E-state index contributed by atoms with van der Waals surface area (Å²) in [5, 5.41) is 11.3. The molecule has 3 aromatic heterocycles. The normalized spacial score (nSPS) is 10.9. The number of hydrogen-bond acceptors (Lipinski definition) is 8. The van der Waals surface area contributed by atoms with Gasteiger partial charge in [0, 0.05) is 18.2 Å². The molecule has 4 aromatic rings. The molecule has 0 aliphatic heterocycles. The smallest absolute Gasteiger partial charge is 0.227 e. The third-order valence-electron chi connectivity index (χ3n) is 3.81. The molecular formula is C19H15ClN4O2S3. The van der Waals surface area contributed by atoms with Crippen molar-refractivity contribution in [2.75, 3.05) is 5.32 Å². The molecule has 0 saturated heterocycles. The number of para-hydroxylation sites is 1. The molecule has 29 heavy (non-hydrogen) atoms. The maximum Gasteiger partial charge on any atom is 0.227 e. The van der Waals surface area contributed by atoms with E-state index in [0.29, 0.717) is 34.6 Å². The number of hydrogen-bond donors (Lipinski definition) is 1. The van der Waals surface area contributed by atoms with Crippen LogP contribution in [0.4, 0.5) is 5.69 Å². The fraction of sp³-hybridized carbons (Fsp3) is 0.158. The fourth-order valence-corrected chi connectivity index (χ4v) is 5.05. The van der Waals surface area contributed by atoms with Crippen molar-refractivity contribution in [2.45, 2.75) is 22.9 Å². The SMILES string of the molecule is O=C(CCc1nc(CSc2nc(-c3cccs3)cs2)no1)Nc1ccccc1Cl. The lowest BCUT2D eigenvalue weighted by Gasteiger charge is -2.05. The lowest BCUT2D eigenvalue weighted by molar-refractivity contribution is -0.116.